The van der Waals surface area contributed by atoms with Crippen LogP contribution in [0.15, 0.2) is 18.2 Å². The number of aromatic nitrogens is 2. The summed E-state index contributed by atoms with van der Waals surface area (Å²) in [6.45, 7) is 6.33. The van der Waals surface area contributed by atoms with Gasteiger partial charge in [-0.2, -0.15) is 0 Å². The predicted molar refractivity (Wildman–Crippen MR) is 78.4 cm³/mol. The van der Waals surface area contributed by atoms with Crippen molar-refractivity contribution in [2.45, 2.75) is 26.7 Å². The van der Waals surface area contributed by atoms with Crippen molar-refractivity contribution in [2.24, 2.45) is 7.05 Å². The van der Waals surface area contributed by atoms with E-state index in [2.05, 4.69) is 24.9 Å². The van der Waals surface area contributed by atoms with E-state index in [9.17, 15) is 0 Å². The van der Waals surface area contributed by atoms with E-state index in [1.165, 1.54) is 5.56 Å². The van der Waals surface area contributed by atoms with Gasteiger partial charge in [-0.25, -0.2) is 4.98 Å². The summed E-state index contributed by atoms with van der Waals surface area (Å²) < 4.78 is 7.30. The molecule has 0 aliphatic heterocycles. The molecular formula is C15H21N3O. The Morgan fingerprint density at radius 1 is 1.32 bits per heavy atom. The van der Waals surface area contributed by atoms with E-state index in [0.29, 0.717) is 11.9 Å². The van der Waals surface area contributed by atoms with Crippen LogP contribution in [0.2, 0.25) is 0 Å². The van der Waals surface area contributed by atoms with E-state index in [1.807, 2.05) is 30.7 Å². The highest BCUT2D eigenvalue weighted by Crippen LogP contribution is 2.32. The molecule has 0 fully saturated rings. The number of rotatable bonds is 3. The van der Waals surface area contributed by atoms with Crippen molar-refractivity contribution in [3.8, 4) is 17.0 Å². The Balaban J connectivity index is 2.57. The van der Waals surface area contributed by atoms with E-state index < -0.39 is 0 Å². The summed E-state index contributed by atoms with van der Waals surface area (Å²) in [6.07, 6.45) is 0. The Bertz CT molecular complexity index is 600. The molecule has 0 unspecified atom stereocenters. The molecule has 0 amide bonds. The second-order valence-electron chi connectivity index (χ2n) is 5.07. The zero-order valence-electron chi connectivity index (χ0n) is 12.2. The Hall–Kier alpha value is -1.97. The van der Waals surface area contributed by atoms with Crippen molar-refractivity contribution in [2.75, 3.05) is 12.8 Å². The third-order valence-electron chi connectivity index (χ3n) is 3.54. The molecule has 1 aromatic carbocycles. The number of imidazole rings is 1. The molecule has 2 aromatic rings. The third-order valence-corrected chi connectivity index (χ3v) is 3.54. The molecule has 2 rings (SSSR count). The summed E-state index contributed by atoms with van der Waals surface area (Å²) in [7, 11) is 3.62. The molecule has 4 nitrogen and oxygen atoms in total. The molecule has 0 atom stereocenters. The largest absolute Gasteiger partial charge is 0.496 e. The Morgan fingerprint density at radius 3 is 2.47 bits per heavy atom. The molecular weight excluding hydrogens is 238 g/mol. The van der Waals surface area contributed by atoms with Crippen molar-refractivity contribution in [3.63, 3.8) is 0 Å². The first-order chi connectivity index (χ1) is 8.95. The van der Waals surface area contributed by atoms with E-state index in [4.69, 9.17) is 10.5 Å². The van der Waals surface area contributed by atoms with Crippen LogP contribution >= 0.6 is 0 Å². The smallest absolute Gasteiger partial charge is 0.200 e. The van der Waals surface area contributed by atoms with Gasteiger partial charge in [-0.1, -0.05) is 13.8 Å². The van der Waals surface area contributed by atoms with E-state index in [1.54, 1.807) is 7.11 Å². The number of nitrogens with zero attached hydrogens (tertiary/aromatic N) is 2. The van der Waals surface area contributed by atoms with Crippen LogP contribution in [0.25, 0.3) is 11.3 Å². The lowest BCUT2D eigenvalue weighted by atomic mass is 9.98. The topological polar surface area (TPSA) is 53.1 Å². The van der Waals surface area contributed by atoms with Crippen molar-refractivity contribution in [3.05, 3.63) is 29.5 Å². The maximum Gasteiger partial charge on any atom is 0.200 e. The molecule has 1 aromatic heterocycles. The van der Waals surface area contributed by atoms with Gasteiger partial charge in [-0.15, -0.1) is 0 Å². The van der Waals surface area contributed by atoms with Crippen LogP contribution < -0.4 is 10.5 Å². The SMILES string of the molecule is COc1ccc(-c2nc(N)n(C)c2C)cc1C(C)C. The first-order valence-electron chi connectivity index (χ1n) is 6.42. The van der Waals surface area contributed by atoms with Gasteiger partial charge in [0.2, 0.25) is 5.95 Å². The lowest BCUT2D eigenvalue weighted by Gasteiger charge is -2.13. The number of ether oxygens (including phenoxy) is 1. The predicted octanol–water partition coefficient (Wildman–Crippen LogP) is 3.11. The van der Waals surface area contributed by atoms with Crippen molar-refractivity contribution >= 4 is 5.95 Å². The molecule has 4 heteroatoms. The summed E-state index contributed by atoms with van der Waals surface area (Å²) in [5.41, 5.74) is 10.1. The fourth-order valence-electron chi connectivity index (χ4n) is 2.21. The molecule has 0 saturated carbocycles. The number of methoxy groups -OCH3 is 1. The summed E-state index contributed by atoms with van der Waals surface area (Å²) in [5.74, 6) is 1.85. The summed E-state index contributed by atoms with van der Waals surface area (Å²) in [5, 5.41) is 0. The van der Waals surface area contributed by atoms with Crippen LogP contribution in [0.3, 0.4) is 0 Å². The highest BCUT2D eigenvalue weighted by Gasteiger charge is 2.14. The van der Waals surface area contributed by atoms with Crippen molar-refractivity contribution < 1.29 is 4.74 Å². The maximum absolute atomic E-state index is 5.86. The molecule has 1 heterocycles. The second kappa shape index (κ2) is 4.96. The van der Waals surface area contributed by atoms with Crippen LogP contribution in [0.1, 0.15) is 31.0 Å². The highest BCUT2D eigenvalue weighted by molar-refractivity contribution is 5.66. The summed E-state index contributed by atoms with van der Waals surface area (Å²) in [6, 6.07) is 6.16. The molecule has 19 heavy (non-hydrogen) atoms. The zero-order chi connectivity index (χ0) is 14.2. The normalized spacial score (nSPS) is 11.1. The number of benzene rings is 1. The van der Waals surface area contributed by atoms with Gasteiger partial charge < -0.3 is 15.0 Å². The number of nitrogen functional groups attached to an aromatic ring is 1. The molecule has 0 radical (unpaired) electrons. The molecule has 2 N–H and O–H groups in total. The minimum absolute atomic E-state index is 0.399. The van der Waals surface area contributed by atoms with Crippen molar-refractivity contribution in [1.82, 2.24) is 9.55 Å². The van der Waals surface area contributed by atoms with Gasteiger partial charge in [0.05, 0.1) is 12.8 Å². The van der Waals surface area contributed by atoms with Gasteiger partial charge in [0.1, 0.15) is 5.75 Å². The zero-order valence-corrected chi connectivity index (χ0v) is 12.2. The first-order valence-corrected chi connectivity index (χ1v) is 6.42. The van der Waals surface area contributed by atoms with Gasteiger partial charge in [-0.05, 0) is 36.6 Å². The van der Waals surface area contributed by atoms with Crippen LogP contribution in [0.5, 0.6) is 5.75 Å². The molecule has 0 bridgehead atoms. The Labute approximate surface area is 114 Å². The minimum atomic E-state index is 0.399. The number of anilines is 1. The lowest BCUT2D eigenvalue weighted by Crippen LogP contribution is -1.97. The van der Waals surface area contributed by atoms with Crippen molar-refractivity contribution in [1.29, 1.82) is 0 Å². The van der Waals surface area contributed by atoms with Gasteiger partial charge in [0, 0.05) is 18.3 Å². The maximum atomic E-state index is 5.86. The monoisotopic (exact) mass is 259 g/mol. The number of nitrogens with two attached hydrogens (primary N) is 1. The molecule has 0 saturated heterocycles. The van der Waals surface area contributed by atoms with Gasteiger partial charge >= 0.3 is 0 Å². The molecule has 0 spiro atoms. The van der Waals surface area contributed by atoms with Crippen LogP contribution in [-0.2, 0) is 7.05 Å². The standard InChI is InChI=1S/C15H21N3O/c1-9(2)12-8-11(6-7-13(12)19-5)14-10(3)18(4)15(16)17-14/h6-9H,1-5H3,(H2,16,17). The summed E-state index contributed by atoms with van der Waals surface area (Å²) >= 11 is 0. The minimum Gasteiger partial charge on any atom is -0.496 e. The fourth-order valence-corrected chi connectivity index (χ4v) is 2.21. The second-order valence-corrected chi connectivity index (χ2v) is 5.07. The van der Waals surface area contributed by atoms with Gasteiger partial charge in [0.25, 0.3) is 0 Å². The van der Waals surface area contributed by atoms with Crippen LogP contribution in [0, 0.1) is 6.92 Å². The van der Waals surface area contributed by atoms with Gasteiger partial charge in [-0.3, -0.25) is 0 Å². The Morgan fingerprint density at radius 2 is 2.00 bits per heavy atom. The number of hydrogen-bond donors (Lipinski definition) is 1. The molecule has 0 aliphatic rings. The van der Waals surface area contributed by atoms with Gasteiger partial charge in [0.15, 0.2) is 0 Å². The fraction of sp³-hybridized carbons (Fsp3) is 0.400. The first kappa shape index (κ1) is 13.5. The van der Waals surface area contributed by atoms with E-state index in [0.717, 1.165) is 22.7 Å². The average Bonchev–Trinajstić information content (AvgIpc) is 2.65. The van der Waals surface area contributed by atoms with E-state index in [-0.39, 0.29) is 0 Å². The molecule has 102 valence electrons. The van der Waals surface area contributed by atoms with Crippen LogP contribution in [0.4, 0.5) is 5.95 Å². The average molecular weight is 259 g/mol. The molecule has 0 aliphatic carbocycles. The highest BCUT2D eigenvalue weighted by atomic mass is 16.5. The van der Waals surface area contributed by atoms with Crippen LogP contribution in [-0.4, -0.2) is 16.7 Å². The lowest BCUT2D eigenvalue weighted by molar-refractivity contribution is 0.407. The van der Waals surface area contributed by atoms with E-state index >= 15 is 0 Å². The third kappa shape index (κ3) is 2.30. The quantitative estimate of drug-likeness (QED) is 0.921. The summed E-state index contributed by atoms with van der Waals surface area (Å²) in [4.78, 5) is 4.44. The Kier molecular flexibility index (Phi) is 3.51. The number of hydrogen-bond acceptors (Lipinski definition) is 3.